The molecule has 0 N–H and O–H groups in total. The average molecular weight is 303 g/mol. The predicted octanol–water partition coefficient (Wildman–Crippen LogP) is 3.37. The van der Waals surface area contributed by atoms with E-state index in [1.54, 1.807) is 6.07 Å². The number of rotatable bonds is 5. The monoisotopic (exact) mass is 302 g/mol. The highest BCUT2D eigenvalue weighted by atomic mass is 79.9. The van der Waals surface area contributed by atoms with Crippen molar-refractivity contribution in [2.24, 2.45) is 5.92 Å². The Bertz CT molecular complexity index is 384. The first-order valence-electron chi connectivity index (χ1n) is 5.44. The molecule has 17 heavy (non-hydrogen) atoms. The van der Waals surface area contributed by atoms with E-state index >= 15 is 0 Å². The smallest absolute Gasteiger partial charge is 0.166 e. The topological polar surface area (TPSA) is 26.3 Å². The fourth-order valence-corrected chi connectivity index (χ4v) is 2.30. The van der Waals surface area contributed by atoms with Crippen LogP contribution >= 0.6 is 15.9 Å². The van der Waals surface area contributed by atoms with Gasteiger partial charge in [0, 0.05) is 18.0 Å². The first-order valence-corrected chi connectivity index (χ1v) is 6.23. The second-order valence-corrected chi connectivity index (χ2v) is 5.24. The second kappa shape index (κ2) is 6.26. The van der Waals surface area contributed by atoms with Crippen LogP contribution in [0, 0.1) is 11.7 Å². The number of Topliss-reactive ketones (excluding diaryl/α,β-unsaturated/α-hetero) is 1. The molecular weight excluding hydrogens is 287 g/mol. The Labute approximate surface area is 109 Å². The summed E-state index contributed by atoms with van der Waals surface area (Å²) >= 11 is 3.20. The van der Waals surface area contributed by atoms with Crippen molar-refractivity contribution in [2.75, 3.05) is 7.11 Å². The van der Waals surface area contributed by atoms with Crippen LogP contribution < -0.4 is 0 Å². The molecule has 94 valence electrons. The molecule has 0 saturated carbocycles. The Morgan fingerprint density at radius 1 is 1.41 bits per heavy atom. The van der Waals surface area contributed by atoms with E-state index in [4.69, 9.17) is 4.74 Å². The van der Waals surface area contributed by atoms with Crippen molar-refractivity contribution >= 4 is 21.7 Å². The summed E-state index contributed by atoms with van der Waals surface area (Å²) in [6.07, 6.45) is -0.246. The zero-order valence-electron chi connectivity index (χ0n) is 10.2. The molecule has 1 aromatic carbocycles. The van der Waals surface area contributed by atoms with Gasteiger partial charge in [0.05, 0.1) is 0 Å². The fourth-order valence-electron chi connectivity index (χ4n) is 1.79. The highest BCUT2D eigenvalue weighted by Gasteiger charge is 2.21. The summed E-state index contributed by atoms with van der Waals surface area (Å²) in [6, 6.07) is 4.48. The van der Waals surface area contributed by atoms with Gasteiger partial charge in [0.1, 0.15) is 11.9 Å². The van der Waals surface area contributed by atoms with Gasteiger partial charge in [-0.15, -0.1) is 0 Å². The Balaban J connectivity index is 2.80. The predicted molar refractivity (Wildman–Crippen MR) is 68.4 cm³/mol. The average Bonchev–Trinajstić information content (AvgIpc) is 2.15. The second-order valence-electron chi connectivity index (χ2n) is 4.32. The minimum Gasteiger partial charge on any atom is -0.373 e. The highest BCUT2D eigenvalue weighted by molar-refractivity contribution is 9.10. The van der Waals surface area contributed by atoms with Crippen LogP contribution in [-0.2, 0) is 16.0 Å². The summed E-state index contributed by atoms with van der Waals surface area (Å²) in [5, 5.41) is 0. The van der Waals surface area contributed by atoms with E-state index in [0.29, 0.717) is 10.0 Å². The van der Waals surface area contributed by atoms with E-state index in [9.17, 15) is 9.18 Å². The van der Waals surface area contributed by atoms with Gasteiger partial charge in [-0.05, 0) is 29.7 Å². The van der Waals surface area contributed by atoms with E-state index in [1.807, 2.05) is 13.8 Å². The minimum absolute atomic E-state index is 0.0278. The summed E-state index contributed by atoms with van der Waals surface area (Å²) in [7, 11) is 1.52. The van der Waals surface area contributed by atoms with E-state index in [0.717, 1.165) is 0 Å². The number of ether oxygens (including phenoxy) is 1. The molecule has 0 amide bonds. The molecular formula is C13H16BrFO2. The van der Waals surface area contributed by atoms with Crippen LogP contribution in [0.3, 0.4) is 0 Å². The molecule has 0 aromatic heterocycles. The third-order valence-electron chi connectivity index (χ3n) is 2.48. The van der Waals surface area contributed by atoms with Crippen molar-refractivity contribution < 1.29 is 13.9 Å². The molecule has 1 unspecified atom stereocenters. The molecule has 1 rings (SSSR count). The normalized spacial score (nSPS) is 12.8. The fraction of sp³-hybridized carbons (Fsp3) is 0.462. The van der Waals surface area contributed by atoms with Crippen molar-refractivity contribution in [1.29, 1.82) is 0 Å². The van der Waals surface area contributed by atoms with E-state index in [-0.39, 0.29) is 23.9 Å². The summed E-state index contributed by atoms with van der Waals surface area (Å²) in [5.74, 6) is -0.259. The zero-order chi connectivity index (χ0) is 13.0. The third-order valence-corrected chi connectivity index (χ3v) is 2.94. The van der Waals surface area contributed by atoms with Crippen LogP contribution in [0.15, 0.2) is 22.7 Å². The molecule has 0 bridgehead atoms. The summed E-state index contributed by atoms with van der Waals surface area (Å²) < 4.78 is 18.9. The van der Waals surface area contributed by atoms with Crippen molar-refractivity contribution in [3.05, 3.63) is 34.1 Å². The SMILES string of the molecule is COC(C(=O)Cc1cc(F)cc(Br)c1)C(C)C. The summed E-state index contributed by atoms with van der Waals surface area (Å²) in [4.78, 5) is 11.9. The number of hydrogen-bond acceptors (Lipinski definition) is 2. The molecule has 0 aliphatic carbocycles. The largest absolute Gasteiger partial charge is 0.373 e. The summed E-state index contributed by atoms with van der Waals surface area (Å²) in [6.45, 7) is 3.85. The van der Waals surface area contributed by atoms with Crippen molar-refractivity contribution in [3.8, 4) is 0 Å². The van der Waals surface area contributed by atoms with Gasteiger partial charge in [-0.3, -0.25) is 4.79 Å². The lowest BCUT2D eigenvalue weighted by atomic mass is 9.98. The van der Waals surface area contributed by atoms with Crippen LogP contribution in [-0.4, -0.2) is 19.0 Å². The van der Waals surface area contributed by atoms with Crippen molar-refractivity contribution in [2.45, 2.75) is 26.4 Å². The standard InChI is InChI=1S/C13H16BrFO2/c1-8(2)13(17-3)12(16)6-9-4-10(14)7-11(15)5-9/h4-5,7-8,13H,6H2,1-3H3. The maximum Gasteiger partial charge on any atom is 0.166 e. The van der Waals surface area contributed by atoms with Crippen LogP contribution in [0.2, 0.25) is 0 Å². The van der Waals surface area contributed by atoms with Crippen LogP contribution in [0.1, 0.15) is 19.4 Å². The van der Waals surface area contributed by atoms with Crippen molar-refractivity contribution in [1.82, 2.24) is 0 Å². The Morgan fingerprint density at radius 2 is 2.06 bits per heavy atom. The molecule has 0 aliphatic rings. The highest BCUT2D eigenvalue weighted by Crippen LogP contribution is 2.17. The van der Waals surface area contributed by atoms with Crippen LogP contribution in [0.25, 0.3) is 0 Å². The first kappa shape index (κ1) is 14.3. The quantitative estimate of drug-likeness (QED) is 0.833. The lowest BCUT2D eigenvalue weighted by Gasteiger charge is -2.17. The lowest BCUT2D eigenvalue weighted by Crippen LogP contribution is -2.29. The third kappa shape index (κ3) is 4.21. The Kier molecular flexibility index (Phi) is 5.28. The molecule has 2 nitrogen and oxygen atoms in total. The molecule has 0 fully saturated rings. The van der Waals surface area contributed by atoms with E-state index in [1.165, 1.54) is 19.2 Å². The zero-order valence-corrected chi connectivity index (χ0v) is 11.8. The molecule has 1 aromatic rings. The minimum atomic E-state index is -0.433. The maximum atomic E-state index is 13.1. The number of hydrogen-bond donors (Lipinski definition) is 0. The van der Waals surface area contributed by atoms with Gasteiger partial charge in [0.2, 0.25) is 0 Å². The van der Waals surface area contributed by atoms with E-state index < -0.39 is 6.10 Å². The maximum absolute atomic E-state index is 13.1. The number of carbonyl (C=O) groups excluding carboxylic acids is 1. The van der Waals surface area contributed by atoms with Gasteiger partial charge in [0.15, 0.2) is 5.78 Å². The van der Waals surface area contributed by atoms with E-state index in [2.05, 4.69) is 15.9 Å². The van der Waals surface area contributed by atoms with Gasteiger partial charge in [0.25, 0.3) is 0 Å². The van der Waals surface area contributed by atoms with Gasteiger partial charge >= 0.3 is 0 Å². The molecule has 0 spiro atoms. The van der Waals surface area contributed by atoms with Gasteiger partial charge in [-0.1, -0.05) is 29.8 Å². The van der Waals surface area contributed by atoms with Crippen molar-refractivity contribution in [3.63, 3.8) is 0 Å². The molecule has 1 atom stereocenters. The number of halogens is 2. The van der Waals surface area contributed by atoms with Gasteiger partial charge < -0.3 is 4.74 Å². The summed E-state index contributed by atoms with van der Waals surface area (Å²) in [5.41, 5.74) is 0.657. The first-order chi connectivity index (χ1) is 7.93. The molecule has 0 radical (unpaired) electrons. The number of benzene rings is 1. The lowest BCUT2D eigenvalue weighted by molar-refractivity contribution is -0.130. The van der Waals surface area contributed by atoms with Crippen LogP contribution in [0.5, 0.6) is 0 Å². The van der Waals surface area contributed by atoms with Gasteiger partial charge in [-0.2, -0.15) is 0 Å². The molecule has 0 saturated heterocycles. The number of methoxy groups -OCH3 is 1. The molecule has 0 heterocycles. The van der Waals surface area contributed by atoms with Crippen LogP contribution in [0.4, 0.5) is 4.39 Å². The number of carbonyl (C=O) groups is 1. The molecule has 4 heteroatoms. The van der Waals surface area contributed by atoms with Gasteiger partial charge in [-0.25, -0.2) is 4.39 Å². The number of ketones is 1. The molecule has 0 aliphatic heterocycles. The Hall–Kier alpha value is -0.740. The Morgan fingerprint density at radius 3 is 2.53 bits per heavy atom.